The Bertz CT molecular complexity index is 2860. The molecule has 0 aliphatic heterocycles. The molecule has 0 atom stereocenters. The Morgan fingerprint density at radius 3 is 1.46 bits per heavy atom. The molecule has 1 aliphatic carbocycles. The van der Waals surface area contributed by atoms with Gasteiger partial charge in [0.2, 0.25) is 0 Å². The third-order valence-electron chi connectivity index (χ3n) is 11.7. The van der Waals surface area contributed by atoms with Crippen LogP contribution in [-0.2, 0) is 5.41 Å². The first kappa shape index (κ1) is 33.6. The summed E-state index contributed by atoms with van der Waals surface area (Å²) in [5.41, 5.74) is 18.2. The van der Waals surface area contributed by atoms with Crippen molar-refractivity contribution in [3.8, 4) is 55.6 Å². The summed E-state index contributed by atoms with van der Waals surface area (Å²) in [5.74, 6) is 0. The topological polar surface area (TPSA) is 3.24 Å². The average Bonchev–Trinajstić information content (AvgIpc) is 3.50. The lowest BCUT2D eigenvalue weighted by molar-refractivity contribution is 0.660. The molecule has 0 unspecified atom stereocenters. The third kappa shape index (κ3) is 5.55. The highest BCUT2D eigenvalue weighted by Crippen LogP contribution is 2.56. The van der Waals surface area contributed by atoms with Gasteiger partial charge in [-0.3, -0.25) is 0 Å². The molecular weight excluding hydrogens is 675 g/mol. The Kier molecular flexibility index (Phi) is 8.23. The normalized spacial score (nSPS) is 12.6. The molecule has 0 saturated heterocycles. The maximum absolute atomic E-state index is 2.54. The number of anilines is 3. The highest BCUT2D eigenvalue weighted by atomic mass is 15.2. The van der Waals surface area contributed by atoms with Crippen LogP contribution in [0.3, 0.4) is 0 Å². The second-order valence-corrected chi connectivity index (χ2v) is 15.3. The molecule has 0 radical (unpaired) electrons. The predicted octanol–water partition coefficient (Wildman–Crippen LogP) is 15.3. The summed E-state index contributed by atoms with van der Waals surface area (Å²) in [7, 11) is 0. The molecule has 0 heterocycles. The lowest BCUT2D eigenvalue weighted by Crippen LogP contribution is -2.16. The van der Waals surface area contributed by atoms with Gasteiger partial charge < -0.3 is 4.90 Å². The first-order chi connectivity index (χ1) is 27.6. The lowest BCUT2D eigenvalue weighted by Gasteiger charge is -2.32. The standard InChI is InChI=1S/C55H41N/c1-55(2)48-29-12-9-26-47(48)54-49(55)30-17-33-52(54)56(50-31-13-10-24-43(50)41-36-34-39(35-37-41)38-18-5-3-6-19-38)51-32-14-11-25-45(51)46-28-16-23-42-22-15-27-44(53(42)46)40-20-7-4-8-21-40/h3-37H,1-2H3. The largest absolute Gasteiger partial charge is 0.309 e. The Hall–Kier alpha value is -6.96. The van der Waals surface area contributed by atoms with Gasteiger partial charge in [0.15, 0.2) is 0 Å². The van der Waals surface area contributed by atoms with Crippen LogP contribution in [0.1, 0.15) is 25.0 Å². The zero-order valence-electron chi connectivity index (χ0n) is 31.7. The first-order valence-electron chi connectivity index (χ1n) is 19.5. The van der Waals surface area contributed by atoms with Gasteiger partial charge in [-0.2, -0.15) is 0 Å². The van der Waals surface area contributed by atoms with Crippen LogP contribution >= 0.6 is 0 Å². The highest BCUT2D eigenvalue weighted by Gasteiger charge is 2.38. The molecule has 0 fully saturated rings. The van der Waals surface area contributed by atoms with E-state index < -0.39 is 0 Å². The molecule has 56 heavy (non-hydrogen) atoms. The minimum Gasteiger partial charge on any atom is -0.309 e. The molecule has 1 aliphatic rings. The van der Waals surface area contributed by atoms with E-state index in [1.807, 2.05) is 0 Å². The highest BCUT2D eigenvalue weighted by molar-refractivity contribution is 6.10. The molecule has 1 nitrogen and oxygen atoms in total. The van der Waals surface area contributed by atoms with Gasteiger partial charge in [-0.1, -0.05) is 208 Å². The van der Waals surface area contributed by atoms with Crippen molar-refractivity contribution in [2.24, 2.45) is 0 Å². The summed E-state index contributed by atoms with van der Waals surface area (Å²) in [6.45, 7) is 4.73. The van der Waals surface area contributed by atoms with Crippen molar-refractivity contribution in [1.29, 1.82) is 0 Å². The van der Waals surface area contributed by atoms with Gasteiger partial charge in [0.1, 0.15) is 0 Å². The van der Waals surface area contributed by atoms with E-state index in [1.165, 1.54) is 83.2 Å². The molecule has 0 N–H and O–H groups in total. The smallest absolute Gasteiger partial charge is 0.0543 e. The average molecular weight is 716 g/mol. The fourth-order valence-electron chi connectivity index (χ4n) is 9.02. The van der Waals surface area contributed by atoms with E-state index in [4.69, 9.17) is 0 Å². The second kappa shape index (κ2) is 13.7. The summed E-state index contributed by atoms with van der Waals surface area (Å²) in [5, 5.41) is 2.48. The molecule has 9 aromatic rings. The van der Waals surface area contributed by atoms with Gasteiger partial charge in [0.25, 0.3) is 0 Å². The second-order valence-electron chi connectivity index (χ2n) is 15.3. The van der Waals surface area contributed by atoms with Gasteiger partial charge in [-0.15, -0.1) is 0 Å². The van der Waals surface area contributed by atoms with E-state index in [-0.39, 0.29) is 5.41 Å². The SMILES string of the molecule is CC1(C)c2ccccc2-c2c(N(c3ccccc3-c3ccc(-c4ccccc4)cc3)c3ccccc3-c3cccc4cccc(-c5ccccc5)c34)cccc21. The number of rotatable bonds is 7. The van der Waals surface area contributed by atoms with Crippen molar-refractivity contribution in [1.82, 2.24) is 0 Å². The van der Waals surface area contributed by atoms with Crippen LogP contribution in [0, 0.1) is 0 Å². The number of hydrogen-bond donors (Lipinski definition) is 0. The minimum atomic E-state index is -0.139. The van der Waals surface area contributed by atoms with Crippen LogP contribution in [-0.4, -0.2) is 0 Å². The summed E-state index contributed by atoms with van der Waals surface area (Å²) < 4.78 is 0. The van der Waals surface area contributed by atoms with E-state index in [0.717, 1.165) is 11.4 Å². The van der Waals surface area contributed by atoms with Crippen LogP contribution < -0.4 is 4.90 Å². The molecular formula is C55H41N. The zero-order valence-corrected chi connectivity index (χ0v) is 31.7. The van der Waals surface area contributed by atoms with E-state index in [2.05, 4.69) is 231 Å². The van der Waals surface area contributed by atoms with Crippen molar-refractivity contribution in [2.75, 3.05) is 4.90 Å². The van der Waals surface area contributed by atoms with E-state index >= 15 is 0 Å². The fraction of sp³-hybridized carbons (Fsp3) is 0.0545. The summed E-state index contributed by atoms with van der Waals surface area (Å²) in [6, 6.07) is 77.6. The number of benzene rings is 9. The van der Waals surface area contributed by atoms with Crippen LogP contribution in [0.5, 0.6) is 0 Å². The maximum Gasteiger partial charge on any atom is 0.0543 e. The first-order valence-corrected chi connectivity index (χ1v) is 19.5. The third-order valence-corrected chi connectivity index (χ3v) is 11.7. The van der Waals surface area contributed by atoms with Gasteiger partial charge in [0.05, 0.1) is 17.1 Å². The molecule has 0 aromatic heterocycles. The lowest BCUT2D eigenvalue weighted by atomic mass is 9.82. The summed E-state index contributed by atoms with van der Waals surface area (Å²) in [6.07, 6.45) is 0. The van der Waals surface area contributed by atoms with Crippen molar-refractivity contribution >= 4 is 27.8 Å². The van der Waals surface area contributed by atoms with Crippen molar-refractivity contribution in [3.05, 3.63) is 223 Å². The van der Waals surface area contributed by atoms with Crippen LogP contribution in [0.2, 0.25) is 0 Å². The van der Waals surface area contributed by atoms with Crippen molar-refractivity contribution in [3.63, 3.8) is 0 Å². The Labute approximate surface area is 329 Å². The van der Waals surface area contributed by atoms with Crippen molar-refractivity contribution < 1.29 is 0 Å². The Morgan fingerprint density at radius 2 is 0.750 bits per heavy atom. The maximum atomic E-state index is 2.54. The molecule has 1 heteroatoms. The molecule has 0 saturated carbocycles. The van der Waals surface area contributed by atoms with Crippen LogP contribution in [0.4, 0.5) is 17.1 Å². The molecule has 10 rings (SSSR count). The molecule has 9 aromatic carbocycles. The van der Waals surface area contributed by atoms with E-state index in [0.29, 0.717) is 0 Å². The number of fused-ring (bicyclic) bond motifs is 4. The molecule has 266 valence electrons. The van der Waals surface area contributed by atoms with Crippen LogP contribution in [0.25, 0.3) is 66.4 Å². The van der Waals surface area contributed by atoms with Crippen LogP contribution in [0.15, 0.2) is 212 Å². The Morgan fingerprint density at radius 1 is 0.304 bits per heavy atom. The Balaban J connectivity index is 1.25. The predicted molar refractivity (Wildman–Crippen MR) is 238 cm³/mol. The van der Waals surface area contributed by atoms with Gasteiger partial charge >= 0.3 is 0 Å². The summed E-state index contributed by atoms with van der Waals surface area (Å²) >= 11 is 0. The summed E-state index contributed by atoms with van der Waals surface area (Å²) in [4.78, 5) is 2.54. The number of hydrogen-bond acceptors (Lipinski definition) is 1. The minimum absolute atomic E-state index is 0.139. The quantitative estimate of drug-likeness (QED) is 0.159. The zero-order chi connectivity index (χ0) is 37.6. The van der Waals surface area contributed by atoms with Gasteiger partial charge in [-0.25, -0.2) is 0 Å². The van der Waals surface area contributed by atoms with Gasteiger partial charge in [-0.05, 0) is 79.0 Å². The van der Waals surface area contributed by atoms with E-state index in [1.54, 1.807) is 0 Å². The molecule has 0 spiro atoms. The fourth-order valence-corrected chi connectivity index (χ4v) is 9.02. The molecule has 0 amide bonds. The number of nitrogens with zero attached hydrogens (tertiary/aromatic N) is 1. The number of para-hydroxylation sites is 2. The molecule has 0 bridgehead atoms. The monoisotopic (exact) mass is 715 g/mol. The van der Waals surface area contributed by atoms with E-state index in [9.17, 15) is 0 Å². The van der Waals surface area contributed by atoms with Crippen molar-refractivity contribution in [2.45, 2.75) is 19.3 Å². The van der Waals surface area contributed by atoms with Gasteiger partial charge in [0, 0.05) is 22.1 Å².